The SMILES string of the molecule is CCOc1ncnc(NCCCc2ccccc2)c1C. The minimum Gasteiger partial charge on any atom is -0.478 e. The first kappa shape index (κ1) is 14.3. The molecule has 1 aromatic carbocycles. The molecule has 1 N–H and O–H groups in total. The first-order chi connectivity index (χ1) is 9.81. The summed E-state index contributed by atoms with van der Waals surface area (Å²) in [5.41, 5.74) is 2.33. The molecule has 2 aromatic rings. The third-order valence-electron chi connectivity index (χ3n) is 3.10. The van der Waals surface area contributed by atoms with Crippen LogP contribution in [0, 0.1) is 6.92 Å². The highest BCUT2D eigenvalue weighted by Crippen LogP contribution is 2.20. The van der Waals surface area contributed by atoms with E-state index in [0.717, 1.165) is 30.8 Å². The maximum atomic E-state index is 5.46. The van der Waals surface area contributed by atoms with Crippen molar-refractivity contribution in [1.29, 1.82) is 0 Å². The summed E-state index contributed by atoms with van der Waals surface area (Å²) in [4.78, 5) is 8.39. The lowest BCUT2D eigenvalue weighted by Crippen LogP contribution is -2.08. The number of rotatable bonds is 7. The molecule has 0 aliphatic heterocycles. The molecule has 106 valence electrons. The van der Waals surface area contributed by atoms with Gasteiger partial charge in [-0.1, -0.05) is 30.3 Å². The standard InChI is InChI=1S/C16H21N3O/c1-3-20-16-13(2)15(18-12-19-16)17-11-7-10-14-8-5-4-6-9-14/h4-6,8-9,12H,3,7,10-11H2,1-2H3,(H,17,18,19). The summed E-state index contributed by atoms with van der Waals surface area (Å²) in [5, 5.41) is 3.35. The number of hydrogen-bond acceptors (Lipinski definition) is 4. The van der Waals surface area contributed by atoms with Crippen molar-refractivity contribution in [2.45, 2.75) is 26.7 Å². The van der Waals surface area contributed by atoms with Crippen molar-refractivity contribution in [3.8, 4) is 5.88 Å². The van der Waals surface area contributed by atoms with Crippen molar-refractivity contribution in [2.75, 3.05) is 18.5 Å². The van der Waals surface area contributed by atoms with Crippen LogP contribution in [0.5, 0.6) is 5.88 Å². The number of anilines is 1. The van der Waals surface area contributed by atoms with E-state index in [4.69, 9.17) is 4.74 Å². The van der Waals surface area contributed by atoms with Crippen LogP contribution in [-0.2, 0) is 6.42 Å². The average molecular weight is 271 g/mol. The van der Waals surface area contributed by atoms with E-state index in [2.05, 4.69) is 39.6 Å². The fraction of sp³-hybridized carbons (Fsp3) is 0.375. The van der Waals surface area contributed by atoms with Gasteiger partial charge in [0.05, 0.1) is 12.2 Å². The molecule has 0 radical (unpaired) electrons. The van der Waals surface area contributed by atoms with E-state index in [0.29, 0.717) is 12.5 Å². The first-order valence-electron chi connectivity index (χ1n) is 7.03. The molecule has 20 heavy (non-hydrogen) atoms. The number of nitrogens with zero attached hydrogens (tertiary/aromatic N) is 2. The van der Waals surface area contributed by atoms with Gasteiger partial charge in [-0.2, -0.15) is 0 Å². The molecule has 0 atom stereocenters. The average Bonchev–Trinajstić information content (AvgIpc) is 2.48. The quantitative estimate of drug-likeness (QED) is 0.785. The van der Waals surface area contributed by atoms with E-state index in [1.165, 1.54) is 11.9 Å². The Balaban J connectivity index is 1.83. The third-order valence-corrected chi connectivity index (χ3v) is 3.10. The molecular formula is C16H21N3O. The zero-order valence-electron chi connectivity index (χ0n) is 12.1. The van der Waals surface area contributed by atoms with Crippen LogP contribution in [0.15, 0.2) is 36.7 Å². The Morgan fingerprint density at radius 2 is 1.95 bits per heavy atom. The minimum absolute atomic E-state index is 0.616. The Kier molecular flexibility index (Phi) is 5.35. The minimum atomic E-state index is 0.616. The number of aromatic nitrogens is 2. The normalized spacial score (nSPS) is 10.3. The van der Waals surface area contributed by atoms with Crippen LogP contribution in [0.3, 0.4) is 0 Å². The Labute approximate surface area is 120 Å². The van der Waals surface area contributed by atoms with Crippen LogP contribution in [0.2, 0.25) is 0 Å². The van der Waals surface area contributed by atoms with E-state index in [-0.39, 0.29) is 0 Å². The van der Waals surface area contributed by atoms with Crippen molar-refractivity contribution in [3.05, 3.63) is 47.8 Å². The van der Waals surface area contributed by atoms with Crippen molar-refractivity contribution >= 4 is 5.82 Å². The molecule has 0 bridgehead atoms. The van der Waals surface area contributed by atoms with Crippen LogP contribution < -0.4 is 10.1 Å². The summed E-state index contributed by atoms with van der Waals surface area (Å²) in [6.45, 7) is 5.43. The smallest absolute Gasteiger partial charge is 0.221 e. The maximum Gasteiger partial charge on any atom is 0.221 e. The van der Waals surface area contributed by atoms with Gasteiger partial charge in [0.25, 0.3) is 0 Å². The maximum absolute atomic E-state index is 5.46. The second-order valence-corrected chi connectivity index (χ2v) is 4.60. The van der Waals surface area contributed by atoms with Crippen molar-refractivity contribution in [2.24, 2.45) is 0 Å². The van der Waals surface area contributed by atoms with Gasteiger partial charge in [-0.05, 0) is 32.3 Å². The highest BCUT2D eigenvalue weighted by atomic mass is 16.5. The highest BCUT2D eigenvalue weighted by Gasteiger charge is 2.06. The number of nitrogens with one attached hydrogen (secondary N) is 1. The van der Waals surface area contributed by atoms with Gasteiger partial charge in [-0.3, -0.25) is 0 Å². The van der Waals surface area contributed by atoms with Gasteiger partial charge < -0.3 is 10.1 Å². The summed E-state index contributed by atoms with van der Waals surface area (Å²) in [7, 11) is 0. The van der Waals surface area contributed by atoms with E-state index in [1.807, 2.05) is 19.9 Å². The summed E-state index contributed by atoms with van der Waals surface area (Å²) in [5.74, 6) is 1.52. The Bertz CT molecular complexity index is 529. The fourth-order valence-corrected chi connectivity index (χ4v) is 2.04. The lowest BCUT2D eigenvalue weighted by Gasteiger charge is -2.11. The van der Waals surface area contributed by atoms with Crippen LogP contribution >= 0.6 is 0 Å². The Morgan fingerprint density at radius 3 is 2.70 bits per heavy atom. The Hall–Kier alpha value is -2.10. The molecule has 0 amide bonds. The molecule has 0 saturated heterocycles. The number of aryl methyl sites for hydroxylation is 1. The van der Waals surface area contributed by atoms with E-state index >= 15 is 0 Å². The molecule has 0 fully saturated rings. The van der Waals surface area contributed by atoms with Gasteiger partial charge in [0.1, 0.15) is 12.1 Å². The molecule has 1 aromatic heterocycles. The fourth-order valence-electron chi connectivity index (χ4n) is 2.04. The number of ether oxygens (including phenoxy) is 1. The first-order valence-corrected chi connectivity index (χ1v) is 7.03. The molecule has 0 aliphatic carbocycles. The van der Waals surface area contributed by atoms with Gasteiger partial charge in [0, 0.05) is 6.54 Å². The lowest BCUT2D eigenvalue weighted by atomic mass is 10.1. The molecule has 1 heterocycles. The molecular weight excluding hydrogens is 250 g/mol. The van der Waals surface area contributed by atoms with E-state index in [9.17, 15) is 0 Å². The van der Waals surface area contributed by atoms with Crippen molar-refractivity contribution < 1.29 is 4.74 Å². The van der Waals surface area contributed by atoms with E-state index in [1.54, 1.807) is 0 Å². The predicted molar refractivity (Wildman–Crippen MR) is 81.2 cm³/mol. The monoisotopic (exact) mass is 271 g/mol. The van der Waals surface area contributed by atoms with Gasteiger partial charge in [0.2, 0.25) is 5.88 Å². The van der Waals surface area contributed by atoms with E-state index < -0.39 is 0 Å². The lowest BCUT2D eigenvalue weighted by molar-refractivity contribution is 0.324. The zero-order chi connectivity index (χ0) is 14.2. The largest absolute Gasteiger partial charge is 0.478 e. The highest BCUT2D eigenvalue weighted by molar-refractivity contribution is 5.47. The summed E-state index contributed by atoms with van der Waals surface area (Å²) in [6.07, 6.45) is 3.67. The summed E-state index contributed by atoms with van der Waals surface area (Å²) < 4.78 is 5.46. The van der Waals surface area contributed by atoms with Crippen molar-refractivity contribution in [3.63, 3.8) is 0 Å². The molecule has 0 aliphatic rings. The van der Waals surface area contributed by atoms with Crippen LogP contribution in [0.4, 0.5) is 5.82 Å². The van der Waals surface area contributed by atoms with Gasteiger partial charge in [-0.15, -0.1) is 0 Å². The van der Waals surface area contributed by atoms with Gasteiger partial charge >= 0.3 is 0 Å². The van der Waals surface area contributed by atoms with Crippen LogP contribution in [0.1, 0.15) is 24.5 Å². The molecule has 2 rings (SSSR count). The van der Waals surface area contributed by atoms with Crippen LogP contribution in [0.25, 0.3) is 0 Å². The van der Waals surface area contributed by atoms with Crippen molar-refractivity contribution in [1.82, 2.24) is 9.97 Å². The predicted octanol–water partition coefficient (Wildman–Crippen LogP) is 3.23. The summed E-state index contributed by atoms with van der Waals surface area (Å²) in [6, 6.07) is 10.5. The molecule has 0 saturated carbocycles. The molecule has 4 heteroatoms. The third kappa shape index (κ3) is 3.95. The van der Waals surface area contributed by atoms with Crippen LogP contribution in [-0.4, -0.2) is 23.1 Å². The van der Waals surface area contributed by atoms with Gasteiger partial charge in [0.15, 0.2) is 0 Å². The number of benzene rings is 1. The zero-order valence-corrected chi connectivity index (χ0v) is 12.1. The topological polar surface area (TPSA) is 47.0 Å². The van der Waals surface area contributed by atoms with Gasteiger partial charge in [-0.25, -0.2) is 9.97 Å². The summed E-state index contributed by atoms with van der Waals surface area (Å²) >= 11 is 0. The Morgan fingerprint density at radius 1 is 1.15 bits per heavy atom. The second kappa shape index (κ2) is 7.48. The molecule has 0 spiro atoms. The molecule has 0 unspecified atom stereocenters. The number of hydrogen-bond donors (Lipinski definition) is 1. The molecule has 4 nitrogen and oxygen atoms in total. The second-order valence-electron chi connectivity index (χ2n) is 4.60.